The van der Waals surface area contributed by atoms with Crippen molar-refractivity contribution >= 4 is 33.4 Å². The Bertz CT molecular complexity index is 917. The summed E-state index contributed by atoms with van der Waals surface area (Å²) in [4.78, 5) is 12.2. The minimum Gasteiger partial charge on any atom is -0.325 e. The van der Waals surface area contributed by atoms with E-state index in [-0.39, 0.29) is 25.5 Å². The Morgan fingerprint density at radius 3 is 2.58 bits per heavy atom. The first-order valence-electron chi connectivity index (χ1n) is 8.21. The fraction of sp³-hybridized carbons (Fsp3) is 0.278. The number of halogens is 1. The van der Waals surface area contributed by atoms with Crippen LogP contribution in [0.25, 0.3) is 0 Å². The van der Waals surface area contributed by atoms with Crippen molar-refractivity contribution in [3.05, 3.63) is 64.7 Å². The van der Waals surface area contributed by atoms with Crippen LogP contribution in [0.15, 0.2) is 48.5 Å². The molecule has 1 amide bonds. The molecule has 0 atom stereocenters. The van der Waals surface area contributed by atoms with Crippen molar-refractivity contribution in [3.8, 4) is 0 Å². The summed E-state index contributed by atoms with van der Waals surface area (Å²) in [5.74, 6) is -0.358. The molecule has 1 aliphatic rings. The van der Waals surface area contributed by atoms with E-state index in [0.29, 0.717) is 17.3 Å². The normalized spacial score (nSPS) is 17.3. The van der Waals surface area contributed by atoms with Gasteiger partial charge in [0.2, 0.25) is 5.91 Å². The number of amides is 1. The van der Waals surface area contributed by atoms with Gasteiger partial charge < -0.3 is 5.32 Å². The van der Waals surface area contributed by atoms with Gasteiger partial charge in [-0.05, 0) is 42.3 Å². The van der Waals surface area contributed by atoms with Crippen LogP contribution < -0.4 is 5.32 Å². The summed E-state index contributed by atoms with van der Waals surface area (Å²) in [6.45, 7) is 2.58. The molecule has 0 aromatic heterocycles. The lowest BCUT2D eigenvalue weighted by molar-refractivity contribution is -0.116. The summed E-state index contributed by atoms with van der Waals surface area (Å²) < 4.78 is 27.9. The summed E-state index contributed by atoms with van der Waals surface area (Å²) in [6, 6.07) is 14.5. The van der Waals surface area contributed by atoms with Gasteiger partial charge in [0.1, 0.15) is 0 Å². The Balaban J connectivity index is 1.63. The fourth-order valence-electron chi connectivity index (χ4n) is 2.86. The number of benzene rings is 2. The van der Waals surface area contributed by atoms with Gasteiger partial charge in [0.15, 0.2) is 0 Å². The second kappa shape index (κ2) is 7.75. The zero-order chi connectivity index (χ0) is 18.7. The maximum Gasteiger partial charge on any atom is 0.282 e. The first-order chi connectivity index (χ1) is 12.3. The van der Waals surface area contributed by atoms with Gasteiger partial charge in [-0.3, -0.25) is 4.79 Å². The molecule has 26 heavy (non-hydrogen) atoms. The van der Waals surface area contributed by atoms with Crippen LogP contribution in [-0.4, -0.2) is 42.6 Å². The van der Waals surface area contributed by atoms with Crippen molar-refractivity contribution in [1.82, 2.24) is 8.61 Å². The molecule has 1 fully saturated rings. The van der Waals surface area contributed by atoms with Gasteiger partial charge in [-0.1, -0.05) is 35.9 Å². The third-order valence-electron chi connectivity index (χ3n) is 4.12. The number of aryl methyl sites for hydroxylation is 1. The molecule has 2 aromatic rings. The molecule has 2 aromatic carbocycles. The molecule has 0 unspecified atom stereocenters. The molecule has 1 aliphatic heterocycles. The topological polar surface area (TPSA) is 69.7 Å². The molecule has 0 bridgehead atoms. The first kappa shape index (κ1) is 18.8. The monoisotopic (exact) mass is 393 g/mol. The highest BCUT2D eigenvalue weighted by molar-refractivity contribution is 7.87. The highest BCUT2D eigenvalue weighted by atomic mass is 35.5. The molecule has 0 spiro atoms. The van der Waals surface area contributed by atoms with Crippen molar-refractivity contribution in [3.63, 3.8) is 0 Å². The van der Waals surface area contributed by atoms with Gasteiger partial charge in [0, 0.05) is 30.3 Å². The average Bonchev–Trinajstić information content (AvgIpc) is 2.82. The number of hydrogen-bond acceptors (Lipinski definition) is 3. The van der Waals surface area contributed by atoms with Crippen LogP contribution in [0.5, 0.6) is 0 Å². The van der Waals surface area contributed by atoms with Crippen LogP contribution in [0, 0.1) is 6.92 Å². The third kappa shape index (κ3) is 4.42. The molecule has 1 N–H and O–H groups in total. The van der Waals surface area contributed by atoms with Crippen molar-refractivity contribution in [2.75, 3.05) is 25.0 Å². The predicted molar refractivity (Wildman–Crippen MR) is 102 cm³/mol. The molecule has 1 saturated heterocycles. The second-order valence-corrected chi connectivity index (χ2v) is 8.59. The van der Waals surface area contributed by atoms with E-state index < -0.39 is 10.2 Å². The number of rotatable bonds is 5. The van der Waals surface area contributed by atoms with E-state index in [9.17, 15) is 13.2 Å². The van der Waals surface area contributed by atoms with Crippen LogP contribution in [0.2, 0.25) is 5.02 Å². The second-order valence-electron chi connectivity index (χ2n) is 6.22. The Labute approximate surface area is 158 Å². The fourth-order valence-corrected chi connectivity index (χ4v) is 4.62. The van der Waals surface area contributed by atoms with Crippen LogP contribution in [-0.2, 0) is 21.5 Å². The summed E-state index contributed by atoms with van der Waals surface area (Å²) in [5.41, 5.74) is 2.49. The van der Waals surface area contributed by atoms with E-state index in [1.807, 2.05) is 31.2 Å². The maximum absolute atomic E-state index is 12.7. The molecule has 0 saturated carbocycles. The van der Waals surface area contributed by atoms with Crippen molar-refractivity contribution in [1.29, 1.82) is 0 Å². The quantitative estimate of drug-likeness (QED) is 0.848. The molecule has 138 valence electrons. The molecule has 0 radical (unpaired) electrons. The molecule has 1 heterocycles. The SMILES string of the molecule is Cc1cccc(NC(=O)CN2CCN(Cc3cccc(Cl)c3)S2(=O)=O)c1. The Morgan fingerprint density at radius 1 is 1.12 bits per heavy atom. The van der Waals surface area contributed by atoms with Crippen molar-refractivity contribution in [2.45, 2.75) is 13.5 Å². The number of nitrogens with one attached hydrogen (secondary N) is 1. The standard InChI is InChI=1S/C18H20ClN3O3S/c1-14-4-2-7-17(10-14)20-18(23)13-22-9-8-21(26(22,24)25)12-15-5-3-6-16(19)11-15/h2-7,10-11H,8-9,12-13H2,1H3,(H,20,23). The minimum atomic E-state index is -3.67. The van der Waals surface area contributed by atoms with Crippen LogP contribution in [0.1, 0.15) is 11.1 Å². The Hall–Kier alpha value is -1.93. The van der Waals surface area contributed by atoms with Gasteiger partial charge in [0.25, 0.3) is 10.2 Å². The van der Waals surface area contributed by atoms with Gasteiger partial charge in [0.05, 0.1) is 6.54 Å². The smallest absolute Gasteiger partial charge is 0.282 e. The molecule has 3 rings (SSSR count). The highest BCUT2D eigenvalue weighted by Crippen LogP contribution is 2.21. The van der Waals surface area contributed by atoms with Crippen LogP contribution >= 0.6 is 11.6 Å². The van der Waals surface area contributed by atoms with E-state index in [0.717, 1.165) is 11.1 Å². The molecular formula is C18H20ClN3O3S. The maximum atomic E-state index is 12.7. The number of carbonyl (C=O) groups excluding carboxylic acids is 1. The lowest BCUT2D eigenvalue weighted by Gasteiger charge is -2.18. The summed E-state index contributed by atoms with van der Waals surface area (Å²) in [7, 11) is -3.67. The van der Waals surface area contributed by atoms with Gasteiger partial charge >= 0.3 is 0 Å². The third-order valence-corrected chi connectivity index (χ3v) is 6.28. The van der Waals surface area contributed by atoms with Crippen molar-refractivity contribution < 1.29 is 13.2 Å². The Morgan fingerprint density at radius 2 is 1.85 bits per heavy atom. The Kier molecular flexibility index (Phi) is 5.62. The zero-order valence-corrected chi connectivity index (χ0v) is 15.9. The van der Waals surface area contributed by atoms with E-state index in [1.165, 1.54) is 8.61 Å². The lowest BCUT2D eigenvalue weighted by atomic mass is 10.2. The van der Waals surface area contributed by atoms with Gasteiger partial charge in [-0.2, -0.15) is 17.0 Å². The van der Waals surface area contributed by atoms with Crippen LogP contribution in [0.4, 0.5) is 5.69 Å². The molecule has 0 aliphatic carbocycles. The summed E-state index contributed by atoms with van der Waals surface area (Å²) in [6.07, 6.45) is 0. The predicted octanol–water partition coefficient (Wildman–Crippen LogP) is 2.65. The number of carbonyl (C=O) groups is 1. The summed E-state index contributed by atoms with van der Waals surface area (Å²) in [5, 5.41) is 3.30. The highest BCUT2D eigenvalue weighted by Gasteiger charge is 2.37. The van der Waals surface area contributed by atoms with Crippen LogP contribution in [0.3, 0.4) is 0 Å². The van der Waals surface area contributed by atoms with E-state index in [4.69, 9.17) is 11.6 Å². The number of hydrogen-bond donors (Lipinski definition) is 1. The lowest BCUT2D eigenvalue weighted by Crippen LogP contribution is -2.37. The minimum absolute atomic E-state index is 0.206. The van der Waals surface area contributed by atoms with Gasteiger partial charge in [-0.25, -0.2) is 0 Å². The molecule has 8 heteroatoms. The van der Waals surface area contributed by atoms with E-state index in [2.05, 4.69) is 5.32 Å². The number of nitrogens with zero attached hydrogens (tertiary/aromatic N) is 2. The van der Waals surface area contributed by atoms with Crippen molar-refractivity contribution in [2.24, 2.45) is 0 Å². The molecular weight excluding hydrogens is 374 g/mol. The summed E-state index contributed by atoms with van der Waals surface area (Å²) >= 11 is 5.96. The van der Waals surface area contributed by atoms with E-state index in [1.54, 1.807) is 24.3 Å². The molecule has 6 nitrogen and oxygen atoms in total. The zero-order valence-electron chi connectivity index (χ0n) is 14.4. The first-order valence-corrected chi connectivity index (χ1v) is 9.98. The van der Waals surface area contributed by atoms with E-state index >= 15 is 0 Å². The largest absolute Gasteiger partial charge is 0.325 e. The number of anilines is 1. The average molecular weight is 394 g/mol. The van der Waals surface area contributed by atoms with Gasteiger partial charge in [-0.15, -0.1) is 0 Å².